The first-order chi connectivity index (χ1) is 14.2. The lowest BCUT2D eigenvalue weighted by Crippen LogP contribution is -2.39. The van der Waals surface area contributed by atoms with E-state index in [0.29, 0.717) is 22.9 Å². The number of nitrogens with one attached hydrogen (secondary N) is 2. The lowest BCUT2D eigenvalue weighted by atomic mass is 9.93. The van der Waals surface area contributed by atoms with Gasteiger partial charge < -0.3 is 24.5 Å². The highest BCUT2D eigenvalue weighted by molar-refractivity contribution is 5.97. The second kappa shape index (κ2) is 8.43. The van der Waals surface area contributed by atoms with E-state index < -0.39 is 0 Å². The van der Waals surface area contributed by atoms with Crippen LogP contribution in [0.1, 0.15) is 36.2 Å². The van der Waals surface area contributed by atoms with E-state index in [1.165, 1.54) is 0 Å². The minimum atomic E-state index is -0.0955. The largest absolute Gasteiger partial charge is 0.493 e. The molecular weight excluding hydrogens is 370 g/mol. The summed E-state index contributed by atoms with van der Waals surface area (Å²) in [6.45, 7) is 0. The van der Waals surface area contributed by atoms with E-state index in [0.717, 1.165) is 36.7 Å². The molecule has 0 saturated heterocycles. The number of carbonyl (C=O) groups is 1. The van der Waals surface area contributed by atoms with Gasteiger partial charge in [-0.2, -0.15) is 0 Å². The standard InChI is InChI=1S/C22H25N3O4/c1-27-19-6-3-7-20(21(19)28-2)29-15-10-8-14(9-11-15)24-22(26)18-13-17-16(25-18)5-4-12-23-17/h3-7,12-15,25H,8-11H2,1-2H3,(H,24,26). The Balaban J connectivity index is 1.33. The zero-order valence-corrected chi connectivity index (χ0v) is 16.6. The van der Waals surface area contributed by atoms with Gasteiger partial charge in [-0.1, -0.05) is 6.07 Å². The Kier molecular flexibility index (Phi) is 5.55. The van der Waals surface area contributed by atoms with E-state index in [4.69, 9.17) is 14.2 Å². The van der Waals surface area contributed by atoms with Crippen molar-refractivity contribution in [1.29, 1.82) is 0 Å². The molecule has 0 bridgehead atoms. The molecule has 0 radical (unpaired) electrons. The van der Waals surface area contributed by atoms with Gasteiger partial charge in [0.2, 0.25) is 5.75 Å². The molecule has 4 rings (SSSR count). The average Bonchev–Trinajstić information content (AvgIpc) is 3.19. The Hall–Kier alpha value is -3.22. The molecule has 0 unspecified atom stereocenters. The Labute approximate surface area is 169 Å². The minimum Gasteiger partial charge on any atom is -0.493 e. The van der Waals surface area contributed by atoms with E-state index in [1.54, 1.807) is 26.5 Å². The van der Waals surface area contributed by atoms with Gasteiger partial charge in [0.15, 0.2) is 11.5 Å². The van der Waals surface area contributed by atoms with Gasteiger partial charge in [0.05, 0.1) is 31.4 Å². The molecule has 1 saturated carbocycles. The normalized spacial score (nSPS) is 19.0. The maximum absolute atomic E-state index is 12.6. The van der Waals surface area contributed by atoms with Crippen LogP contribution in [-0.2, 0) is 0 Å². The third-order valence-electron chi connectivity index (χ3n) is 5.30. The summed E-state index contributed by atoms with van der Waals surface area (Å²) in [4.78, 5) is 20.0. The third kappa shape index (κ3) is 4.13. The quantitative estimate of drug-likeness (QED) is 0.665. The van der Waals surface area contributed by atoms with Crippen molar-refractivity contribution in [3.8, 4) is 17.2 Å². The number of methoxy groups -OCH3 is 2. The van der Waals surface area contributed by atoms with E-state index >= 15 is 0 Å². The number of hydrogen-bond acceptors (Lipinski definition) is 5. The summed E-state index contributed by atoms with van der Waals surface area (Å²) in [5.41, 5.74) is 2.20. The van der Waals surface area contributed by atoms with Gasteiger partial charge in [-0.25, -0.2) is 0 Å². The molecule has 0 atom stereocenters. The molecule has 7 heteroatoms. The summed E-state index contributed by atoms with van der Waals surface area (Å²) >= 11 is 0. The van der Waals surface area contributed by atoms with Gasteiger partial charge in [-0.15, -0.1) is 0 Å². The van der Waals surface area contributed by atoms with Gasteiger partial charge >= 0.3 is 0 Å². The highest BCUT2D eigenvalue weighted by Crippen LogP contribution is 2.38. The van der Waals surface area contributed by atoms with E-state index in [-0.39, 0.29) is 18.1 Å². The van der Waals surface area contributed by atoms with Crippen molar-refractivity contribution >= 4 is 16.9 Å². The molecule has 3 aromatic rings. The van der Waals surface area contributed by atoms with Crippen LogP contribution in [0.15, 0.2) is 42.6 Å². The summed E-state index contributed by atoms with van der Waals surface area (Å²) in [5, 5.41) is 3.12. The highest BCUT2D eigenvalue weighted by Gasteiger charge is 2.25. The first-order valence-corrected chi connectivity index (χ1v) is 9.80. The number of ether oxygens (including phenoxy) is 3. The molecule has 1 amide bonds. The van der Waals surface area contributed by atoms with Crippen molar-refractivity contribution in [3.05, 3.63) is 48.3 Å². The van der Waals surface area contributed by atoms with Gasteiger partial charge in [0.1, 0.15) is 5.69 Å². The van der Waals surface area contributed by atoms with Crippen molar-refractivity contribution in [3.63, 3.8) is 0 Å². The molecule has 1 fully saturated rings. The van der Waals surface area contributed by atoms with Crippen LogP contribution in [0.5, 0.6) is 17.2 Å². The van der Waals surface area contributed by atoms with E-state index in [9.17, 15) is 4.79 Å². The van der Waals surface area contributed by atoms with Crippen LogP contribution in [0.2, 0.25) is 0 Å². The number of carbonyl (C=O) groups excluding carboxylic acids is 1. The SMILES string of the molecule is COc1cccc(OC2CCC(NC(=O)c3cc4ncccc4[nH]3)CC2)c1OC. The number of para-hydroxylation sites is 1. The van der Waals surface area contributed by atoms with Crippen LogP contribution in [0.4, 0.5) is 0 Å². The summed E-state index contributed by atoms with van der Waals surface area (Å²) in [6, 6.07) is 11.3. The predicted octanol–water partition coefficient (Wildman–Crippen LogP) is 3.70. The second-order valence-corrected chi connectivity index (χ2v) is 7.18. The molecule has 0 spiro atoms. The molecule has 7 nitrogen and oxygen atoms in total. The summed E-state index contributed by atoms with van der Waals surface area (Å²) < 4.78 is 16.9. The van der Waals surface area contributed by atoms with Crippen molar-refractivity contribution in [2.45, 2.75) is 37.8 Å². The molecular formula is C22H25N3O4. The Morgan fingerprint density at radius 1 is 1.07 bits per heavy atom. The maximum Gasteiger partial charge on any atom is 0.268 e. The van der Waals surface area contributed by atoms with Gasteiger partial charge in [-0.05, 0) is 56.0 Å². The molecule has 1 aromatic carbocycles. The molecule has 0 aliphatic heterocycles. The fourth-order valence-electron chi connectivity index (χ4n) is 3.80. The van der Waals surface area contributed by atoms with Crippen molar-refractivity contribution in [2.75, 3.05) is 14.2 Å². The fraction of sp³-hybridized carbons (Fsp3) is 0.364. The Bertz CT molecular complexity index is 960. The van der Waals surface area contributed by atoms with Crippen LogP contribution < -0.4 is 19.5 Å². The molecule has 1 aliphatic rings. The van der Waals surface area contributed by atoms with Crippen LogP contribution in [0.3, 0.4) is 0 Å². The molecule has 2 N–H and O–H groups in total. The lowest BCUT2D eigenvalue weighted by molar-refractivity contribution is 0.0887. The zero-order valence-electron chi connectivity index (χ0n) is 16.6. The number of aromatic nitrogens is 2. The number of amides is 1. The summed E-state index contributed by atoms with van der Waals surface area (Å²) in [5.74, 6) is 1.85. The average molecular weight is 395 g/mol. The smallest absolute Gasteiger partial charge is 0.268 e. The van der Waals surface area contributed by atoms with Crippen LogP contribution >= 0.6 is 0 Å². The molecule has 29 heavy (non-hydrogen) atoms. The maximum atomic E-state index is 12.6. The van der Waals surface area contributed by atoms with Crippen LogP contribution in [0.25, 0.3) is 11.0 Å². The fourth-order valence-corrected chi connectivity index (χ4v) is 3.80. The number of benzene rings is 1. The number of rotatable bonds is 6. The Morgan fingerprint density at radius 2 is 1.86 bits per heavy atom. The monoisotopic (exact) mass is 395 g/mol. The molecule has 2 heterocycles. The van der Waals surface area contributed by atoms with Crippen molar-refractivity contribution < 1.29 is 19.0 Å². The zero-order chi connectivity index (χ0) is 20.2. The predicted molar refractivity (Wildman–Crippen MR) is 110 cm³/mol. The number of pyridine rings is 1. The first-order valence-electron chi connectivity index (χ1n) is 9.80. The van der Waals surface area contributed by atoms with E-state index in [1.807, 2.05) is 30.3 Å². The van der Waals surface area contributed by atoms with Crippen molar-refractivity contribution in [2.24, 2.45) is 0 Å². The summed E-state index contributed by atoms with van der Waals surface area (Å²) in [7, 11) is 3.22. The lowest BCUT2D eigenvalue weighted by Gasteiger charge is -2.30. The number of hydrogen-bond donors (Lipinski definition) is 2. The van der Waals surface area contributed by atoms with Gasteiger partial charge in [0, 0.05) is 12.2 Å². The third-order valence-corrected chi connectivity index (χ3v) is 5.30. The van der Waals surface area contributed by atoms with Crippen LogP contribution in [-0.4, -0.2) is 42.2 Å². The first kappa shape index (κ1) is 19.1. The number of aromatic amines is 1. The Morgan fingerprint density at radius 3 is 2.59 bits per heavy atom. The van der Waals surface area contributed by atoms with Crippen LogP contribution in [0, 0.1) is 0 Å². The second-order valence-electron chi connectivity index (χ2n) is 7.18. The van der Waals surface area contributed by atoms with Gasteiger partial charge in [0.25, 0.3) is 5.91 Å². The topological polar surface area (TPSA) is 85.5 Å². The van der Waals surface area contributed by atoms with Crippen molar-refractivity contribution in [1.82, 2.24) is 15.3 Å². The van der Waals surface area contributed by atoms with E-state index in [2.05, 4.69) is 15.3 Å². The number of fused-ring (bicyclic) bond motifs is 1. The number of nitrogens with zero attached hydrogens (tertiary/aromatic N) is 1. The number of H-pyrrole nitrogens is 1. The highest BCUT2D eigenvalue weighted by atomic mass is 16.5. The van der Waals surface area contributed by atoms with Gasteiger partial charge in [-0.3, -0.25) is 9.78 Å². The molecule has 2 aromatic heterocycles. The molecule has 152 valence electrons. The minimum absolute atomic E-state index is 0.0847. The summed E-state index contributed by atoms with van der Waals surface area (Å²) in [6.07, 6.45) is 5.25. The molecule has 1 aliphatic carbocycles.